The fourth-order valence-corrected chi connectivity index (χ4v) is 6.34. The molecular weight excluding hydrogens is 545 g/mol. The molecule has 1 nitrogen and oxygen atoms in total. The van der Waals surface area contributed by atoms with Crippen molar-refractivity contribution in [2.24, 2.45) is 11.8 Å². The van der Waals surface area contributed by atoms with Crippen molar-refractivity contribution in [1.29, 1.82) is 0 Å². The fraction of sp³-hybridized carbons (Fsp3) is 0.455. The molecule has 0 amide bonds. The zero-order valence-corrected chi connectivity index (χ0v) is 22.8. The standard InChI is InChI=1S/C33H33F7O/c1-20-2-4-21(5-3-20)24-10-16-28(30(34)18-24)23-6-12-26(13-7-23)33(39,40)41-27-14-8-22(9-15-27)25-11-17-29(31(35)19-25)32(36,37)38/h8-11,14-21,23,26H,2-7,12-13H2,1H3. The Balaban J connectivity index is 1.18. The van der Waals surface area contributed by atoms with E-state index < -0.39 is 29.6 Å². The van der Waals surface area contributed by atoms with Gasteiger partial charge in [-0.15, -0.1) is 0 Å². The highest BCUT2D eigenvalue weighted by Crippen LogP contribution is 2.45. The Kier molecular flexibility index (Phi) is 8.40. The highest BCUT2D eigenvalue weighted by atomic mass is 19.4. The summed E-state index contributed by atoms with van der Waals surface area (Å²) in [6.07, 6.45) is -2.60. The van der Waals surface area contributed by atoms with Gasteiger partial charge in [-0.1, -0.05) is 50.1 Å². The van der Waals surface area contributed by atoms with Crippen LogP contribution in [0, 0.1) is 23.5 Å². The summed E-state index contributed by atoms with van der Waals surface area (Å²) in [7, 11) is 0. The summed E-state index contributed by atoms with van der Waals surface area (Å²) in [6, 6.07) is 13.4. The third-order valence-corrected chi connectivity index (χ3v) is 8.87. The quantitative estimate of drug-likeness (QED) is 0.264. The molecule has 220 valence electrons. The largest absolute Gasteiger partial charge is 0.432 e. The molecule has 3 aromatic rings. The normalized spacial score (nSPS) is 23.8. The molecule has 5 rings (SSSR count). The van der Waals surface area contributed by atoms with Crippen LogP contribution in [0.25, 0.3) is 11.1 Å². The van der Waals surface area contributed by atoms with Gasteiger partial charge in [0, 0.05) is 0 Å². The summed E-state index contributed by atoms with van der Waals surface area (Å²) >= 11 is 0. The number of alkyl halides is 5. The number of rotatable bonds is 6. The van der Waals surface area contributed by atoms with E-state index in [4.69, 9.17) is 4.74 Å². The van der Waals surface area contributed by atoms with Gasteiger partial charge < -0.3 is 4.74 Å². The van der Waals surface area contributed by atoms with Crippen molar-refractivity contribution < 1.29 is 35.5 Å². The number of benzene rings is 3. The van der Waals surface area contributed by atoms with Crippen LogP contribution in [0.2, 0.25) is 0 Å². The molecule has 0 aliphatic heterocycles. The molecule has 3 aromatic carbocycles. The van der Waals surface area contributed by atoms with Gasteiger partial charge >= 0.3 is 12.3 Å². The number of ether oxygens (including phenoxy) is 1. The molecule has 0 N–H and O–H groups in total. The maximum atomic E-state index is 15.1. The van der Waals surface area contributed by atoms with E-state index in [9.17, 15) is 17.6 Å². The molecule has 0 spiro atoms. The van der Waals surface area contributed by atoms with Gasteiger partial charge in [0.25, 0.3) is 0 Å². The van der Waals surface area contributed by atoms with Crippen molar-refractivity contribution in [2.45, 2.75) is 82.4 Å². The topological polar surface area (TPSA) is 9.23 Å². The van der Waals surface area contributed by atoms with Crippen LogP contribution >= 0.6 is 0 Å². The lowest BCUT2D eigenvalue weighted by molar-refractivity contribution is -0.222. The van der Waals surface area contributed by atoms with Crippen LogP contribution in [0.4, 0.5) is 30.7 Å². The Hall–Kier alpha value is -3.03. The van der Waals surface area contributed by atoms with Gasteiger partial charge in [-0.25, -0.2) is 8.78 Å². The average molecular weight is 579 g/mol. The maximum Gasteiger partial charge on any atom is 0.419 e. The lowest BCUT2D eigenvalue weighted by atomic mass is 9.76. The molecule has 0 saturated heterocycles. The number of hydrogen-bond donors (Lipinski definition) is 0. The molecule has 0 atom stereocenters. The molecule has 2 fully saturated rings. The second kappa shape index (κ2) is 11.7. The Morgan fingerprint density at radius 1 is 0.634 bits per heavy atom. The van der Waals surface area contributed by atoms with E-state index in [1.807, 2.05) is 12.1 Å². The van der Waals surface area contributed by atoms with Crippen LogP contribution in [-0.4, -0.2) is 6.11 Å². The van der Waals surface area contributed by atoms with E-state index in [1.165, 1.54) is 24.3 Å². The Labute approximate surface area is 235 Å². The third kappa shape index (κ3) is 6.73. The average Bonchev–Trinajstić information content (AvgIpc) is 2.93. The van der Waals surface area contributed by atoms with E-state index >= 15 is 13.2 Å². The number of halogens is 7. The highest BCUT2D eigenvalue weighted by Gasteiger charge is 2.44. The minimum Gasteiger partial charge on any atom is -0.432 e. The fourth-order valence-electron chi connectivity index (χ4n) is 6.34. The minimum absolute atomic E-state index is 0.105. The van der Waals surface area contributed by atoms with Gasteiger partial charge in [0.1, 0.15) is 17.4 Å². The van der Waals surface area contributed by atoms with Crippen molar-refractivity contribution in [2.75, 3.05) is 0 Å². The molecule has 2 saturated carbocycles. The van der Waals surface area contributed by atoms with E-state index in [2.05, 4.69) is 6.92 Å². The Morgan fingerprint density at radius 2 is 1.24 bits per heavy atom. The highest BCUT2D eigenvalue weighted by molar-refractivity contribution is 5.64. The maximum absolute atomic E-state index is 15.1. The van der Waals surface area contributed by atoms with Gasteiger partial charge in [0.2, 0.25) is 0 Å². The Bertz CT molecular complexity index is 1330. The second-order valence-corrected chi connectivity index (χ2v) is 11.7. The first-order chi connectivity index (χ1) is 19.4. The summed E-state index contributed by atoms with van der Waals surface area (Å²) in [5.41, 5.74) is 0.794. The molecule has 2 aliphatic rings. The van der Waals surface area contributed by atoms with Crippen LogP contribution in [0.15, 0.2) is 60.7 Å². The Morgan fingerprint density at radius 3 is 1.83 bits per heavy atom. The van der Waals surface area contributed by atoms with E-state index in [0.29, 0.717) is 41.9 Å². The predicted molar refractivity (Wildman–Crippen MR) is 144 cm³/mol. The number of hydrogen-bond acceptors (Lipinski definition) is 1. The third-order valence-electron chi connectivity index (χ3n) is 8.87. The minimum atomic E-state index is -4.81. The van der Waals surface area contributed by atoms with E-state index in [-0.39, 0.29) is 35.9 Å². The van der Waals surface area contributed by atoms with Crippen molar-refractivity contribution in [1.82, 2.24) is 0 Å². The first-order valence-electron chi connectivity index (χ1n) is 14.2. The molecule has 41 heavy (non-hydrogen) atoms. The van der Waals surface area contributed by atoms with Crippen molar-refractivity contribution >= 4 is 0 Å². The molecular formula is C33H33F7O. The molecule has 0 bridgehead atoms. The summed E-state index contributed by atoms with van der Waals surface area (Å²) in [5.74, 6) is -1.82. The van der Waals surface area contributed by atoms with Gasteiger partial charge in [0.15, 0.2) is 0 Å². The van der Waals surface area contributed by atoms with Crippen LogP contribution in [0.1, 0.15) is 86.8 Å². The van der Waals surface area contributed by atoms with Crippen molar-refractivity contribution in [3.63, 3.8) is 0 Å². The predicted octanol–water partition coefficient (Wildman–Crippen LogP) is 10.9. The lowest BCUT2D eigenvalue weighted by Gasteiger charge is -2.33. The van der Waals surface area contributed by atoms with Crippen molar-refractivity contribution in [3.05, 3.63) is 89.0 Å². The van der Waals surface area contributed by atoms with Crippen LogP contribution in [0.3, 0.4) is 0 Å². The van der Waals surface area contributed by atoms with Crippen LogP contribution < -0.4 is 4.74 Å². The molecule has 0 unspecified atom stereocenters. The summed E-state index contributed by atoms with van der Waals surface area (Å²) in [5, 5.41) is 0. The van der Waals surface area contributed by atoms with Crippen LogP contribution in [0.5, 0.6) is 5.75 Å². The van der Waals surface area contributed by atoms with E-state index in [0.717, 1.165) is 43.4 Å². The molecule has 0 radical (unpaired) electrons. The second-order valence-electron chi connectivity index (χ2n) is 11.7. The summed E-state index contributed by atoms with van der Waals surface area (Å²) in [6.45, 7) is 2.25. The summed E-state index contributed by atoms with van der Waals surface area (Å²) < 4.78 is 103. The van der Waals surface area contributed by atoms with Gasteiger partial charge in [-0.2, -0.15) is 22.0 Å². The molecule has 8 heteroatoms. The molecule has 0 aromatic heterocycles. The molecule has 2 aliphatic carbocycles. The van der Waals surface area contributed by atoms with Gasteiger partial charge in [-0.05, 0) is 109 Å². The van der Waals surface area contributed by atoms with E-state index in [1.54, 1.807) is 6.07 Å². The van der Waals surface area contributed by atoms with Crippen LogP contribution in [-0.2, 0) is 6.18 Å². The van der Waals surface area contributed by atoms with Gasteiger partial charge in [0.05, 0.1) is 11.5 Å². The first kappa shape index (κ1) is 29.5. The molecule has 0 heterocycles. The zero-order valence-electron chi connectivity index (χ0n) is 22.8. The van der Waals surface area contributed by atoms with Gasteiger partial charge in [-0.3, -0.25) is 0 Å². The first-order valence-corrected chi connectivity index (χ1v) is 14.2. The SMILES string of the molecule is CC1CCC(c2ccc(C3CCC(C(F)(F)Oc4ccc(-c5ccc(C(F)(F)F)c(F)c5)cc4)CC3)c(F)c2)CC1. The van der Waals surface area contributed by atoms with Crippen molar-refractivity contribution in [3.8, 4) is 16.9 Å². The lowest BCUT2D eigenvalue weighted by Crippen LogP contribution is -2.37. The summed E-state index contributed by atoms with van der Waals surface area (Å²) in [4.78, 5) is 0. The monoisotopic (exact) mass is 578 g/mol. The smallest absolute Gasteiger partial charge is 0.419 e. The zero-order chi connectivity index (χ0) is 29.4.